The van der Waals surface area contributed by atoms with E-state index in [1.165, 1.54) is 31.2 Å². The van der Waals surface area contributed by atoms with E-state index in [4.69, 9.17) is 4.98 Å². The molecule has 5 heteroatoms. The van der Waals surface area contributed by atoms with Gasteiger partial charge in [0, 0.05) is 44.8 Å². The first-order valence-corrected chi connectivity index (χ1v) is 8.79. The van der Waals surface area contributed by atoms with Gasteiger partial charge in [0.2, 0.25) is 5.95 Å². The zero-order valence-corrected chi connectivity index (χ0v) is 14.9. The van der Waals surface area contributed by atoms with Gasteiger partial charge in [0.1, 0.15) is 0 Å². The van der Waals surface area contributed by atoms with E-state index in [9.17, 15) is 0 Å². The van der Waals surface area contributed by atoms with Crippen molar-refractivity contribution in [3.8, 4) is 0 Å². The van der Waals surface area contributed by atoms with E-state index in [1.807, 2.05) is 38.3 Å². The molecular formula is C19H27N5. The minimum absolute atomic E-state index is 0.452. The highest BCUT2D eigenvalue weighted by atomic mass is 15.2. The molecular weight excluding hydrogens is 298 g/mol. The molecule has 0 spiro atoms. The maximum Gasteiger partial charge on any atom is 0.225 e. The Balaban J connectivity index is 1.85. The van der Waals surface area contributed by atoms with Crippen LogP contribution in [0.15, 0.2) is 30.6 Å². The van der Waals surface area contributed by atoms with Crippen molar-refractivity contribution < 1.29 is 0 Å². The Morgan fingerprint density at radius 2 is 1.92 bits per heavy atom. The Bertz CT molecular complexity index is 656. The molecule has 0 unspecified atom stereocenters. The van der Waals surface area contributed by atoms with Crippen molar-refractivity contribution in [3.05, 3.63) is 47.5 Å². The van der Waals surface area contributed by atoms with Crippen molar-refractivity contribution in [3.63, 3.8) is 0 Å². The van der Waals surface area contributed by atoms with Crippen LogP contribution in [0.4, 0.5) is 5.95 Å². The third-order valence-corrected chi connectivity index (χ3v) is 4.62. The molecule has 0 amide bonds. The number of pyridine rings is 1. The van der Waals surface area contributed by atoms with Crippen molar-refractivity contribution in [1.82, 2.24) is 19.9 Å². The number of likely N-dealkylation sites (tertiary alicyclic amines) is 1. The Labute approximate surface area is 144 Å². The summed E-state index contributed by atoms with van der Waals surface area (Å²) in [4.78, 5) is 18.0. The number of aryl methyl sites for hydroxylation is 1. The molecule has 1 aliphatic heterocycles. The molecule has 0 saturated carbocycles. The third-order valence-electron chi connectivity index (χ3n) is 4.62. The smallest absolute Gasteiger partial charge is 0.225 e. The van der Waals surface area contributed by atoms with Crippen LogP contribution in [0.5, 0.6) is 0 Å². The Morgan fingerprint density at radius 1 is 1.12 bits per heavy atom. The molecule has 3 heterocycles. The summed E-state index contributed by atoms with van der Waals surface area (Å²) in [7, 11) is 3.98. The first-order chi connectivity index (χ1) is 11.6. The van der Waals surface area contributed by atoms with Crippen LogP contribution in [-0.2, 0) is 6.54 Å². The van der Waals surface area contributed by atoms with E-state index in [1.54, 1.807) is 0 Å². The second-order valence-electron chi connectivity index (χ2n) is 6.81. The molecule has 5 nitrogen and oxygen atoms in total. The number of rotatable bonds is 4. The molecule has 128 valence electrons. The lowest BCUT2D eigenvalue weighted by Gasteiger charge is -2.30. The average molecular weight is 325 g/mol. The SMILES string of the molecule is Cc1cc(CN2CCCCC[C@@H]2c2ccncc2)nc(N(C)C)n1. The van der Waals surface area contributed by atoms with Crippen LogP contribution < -0.4 is 4.90 Å². The second kappa shape index (κ2) is 7.71. The zero-order chi connectivity index (χ0) is 16.9. The summed E-state index contributed by atoms with van der Waals surface area (Å²) in [6.07, 6.45) is 8.86. The first-order valence-electron chi connectivity index (χ1n) is 8.79. The monoisotopic (exact) mass is 325 g/mol. The van der Waals surface area contributed by atoms with Crippen LogP contribution in [0, 0.1) is 6.92 Å². The van der Waals surface area contributed by atoms with Crippen molar-refractivity contribution in [1.29, 1.82) is 0 Å². The van der Waals surface area contributed by atoms with E-state index >= 15 is 0 Å². The topological polar surface area (TPSA) is 45.2 Å². The molecule has 0 aromatic carbocycles. The molecule has 0 N–H and O–H groups in total. The lowest BCUT2D eigenvalue weighted by atomic mass is 10.0. The van der Waals surface area contributed by atoms with Gasteiger partial charge >= 0.3 is 0 Å². The maximum absolute atomic E-state index is 4.75. The molecule has 3 rings (SSSR count). The van der Waals surface area contributed by atoms with Crippen molar-refractivity contribution in [2.45, 2.75) is 45.2 Å². The lowest BCUT2D eigenvalue weighted by molar-refractivity contribution is 0.190. The summed E-state index contributed by atoms with van der Waals surface area (Å²) in [5.74, 6) is 0.792. The zero-order valence-electron chi connectivity index (χ0n) is 14.9. The molecule has 0 bridgehead atoms. The molecule has 24 heavy (non-hydrogen) atoms. The summed E-state index contributed by atoms with van der Waals surface area (Å²) in [5.41, 5.74) is 3.50. The highest BCUT2D eigenvalue weighted by molar-refractivity contribution is 5.30. The van der Waals surface area contributed by atoms with Crippen LogP contribution in [0.3, 0.4) is 0 Å². The fraction of sp³-hybridized carbons (Fsp3) is 0.526. The van der Waals surface area contributed by atoms with Gasteiger partial charge in [-0.1, -0.05) is 12.8 Å². The van der Waals surface area contributed by atoms with Crippen LogP contribution in [0.25, 0.3) is 0 Å². The fourth-order valence-electron chi connectivity index (χ4n) is 3.43. The van der Waals surface area contributed by atoms with E-state index in [-0.39, 0.29) is 0 Å². The van der Waals surface area contributed by atoms with Gasteiger partial charge in [0.15, 0.2) is 0 Å². The summed E-state index contributed by atoms with van der Waals surface area (Å²) in [5, 5.41) is 0. The number of anilines is 1. The van der Waals surface area contributed by atoms with Gasteiger partial charge in [-0.25, -0.2) is 9.97 Å². The number of hydrogen-bond donors (Lipinski definition) is 0. The van der Waals surface area contributed by atoms with Gasteiger partial charge in [-0.15, -0.1) is 0 Å². The molecule has 2 aromatic heterocycles. The van der Waals surface area contributed by atoms with Crippen LogP contribution in [0.1, 0.15) is 48.7 Å². The summed E-state index contributed by atoms with van der Waals surface area (Å²) >= 11 is 0. The van der Waals surface area contributed by atoms with Gasteiger partial charge in [0.25, 0.3) is 0 Å². The van der Waals surface area contributed by atoms with E-state index in [2.05, 4.69) is 33.1 Å². The Morgan fingerprint density at radius 3 is 2.67 bits per heavy atom. The number of aromatic nitrogens is 3. The molecule has 0 radical (unpaired) electrons. The second-order valence-corrected chi connectivity index (χ2v) is 6.81. The molecule has 1 atom stereocenters. The summed E-state index contributed by atoms with van der Waals surface area (Å²) in [6.45, 7) is 4.03. The highest BCUT2D eigenvalue weighted by Crippen LogP contribution is 2.31. The number of hydrogen-bond acceptors (Lipinski definition) is 5. The molecule has 1 aliphatic rings. The predicted octanol–water partition coefficient (Wildman–Crippen LogP) is 3.36. The highest BCUT2D eigenvalue weighted by Gasteiger charge is 2.23. The van der Waals surface area contributed by atoms with Crippen LogP contribution >= 0.6 is 0 Å². The van der Waals surface area contributed by atoms with Gasteiger partial charge < -0.3 is 4.90 Å². The van der Waals surface area contributed by atoms with Gasteiger partial charge in [-0.2, -0.15) is 0 Å². The van der Waals surface area contributed by atoms with Crippen LogP contribution in [-0.4, -0.2) is 40.5 Å². The lowest BCUT2D eigenvalue weighted by Crippen LogP contribution is -2.29. The minimum atomic E-state index is 0.452. The first kappa shape index (κ1) is 16.8. The summed E-state index contributed by atoms with van der Waals surface area (Å²) in [6, 6.07) is 6.87. The molecule has 1 saturated heterocycles. The van der Waals surface area contributed by atoms with Gasteiger partial charge in [-0.05, 0) is 50.1 Å². The van der Waals surface area contributed by atoms with E-state index in [0.717, 1.165) is 30.4 Å². The average Bonchev–Trinajstić information content (AvgIpc) is 2.80. The molecule has 1 fully saturated rings. The van der Waals surface area contributed by atoms with Gasteiger partial charge in [0.05, 0.1) is 5.69 Å². The predicted molar refractivity (Wildman–Crippen MR) is 97.0 cm³/mol. The van der Waals surface area contributed by atoms with Crippen molar-refractivity contribution >= 4 is 5.95 Å². The maximum atomic E-state index is 4.75. The minimum Gasteiger partial charge on any atom is -0.347 e. The van der Waals surface area contributed by atoms with E-state index in [0.29, 0.717) is 6.04 Å². The Hall–Kier alpha value is -2.01. The van der Waals surface area contributed by atoms with E-state index < -0.39 is 0 Å². The van der Waals surface area contributed by atoms with Crippen molar-refractivity contribution in [2.75, 3.05) is 25.5 Å². The normalized spacial score (nSPS) is 19.0. The standard InChI is InChI=1S/C19H27N5/c1-15-13-17(22-19(21-15)23(2)3)14-24-12-6-4-5-7-18(24)16-8-10-20-11-9-16/h8-11,13,18H,4-7,12,14H2,1-3H3/t18-/m1/s1. The molecule has 2 aromatic rings. The van der Waals surface area contributed by atoms with Crippen molar-refractivity contribution in [2.24, 2.45) is 0 Å². The third kappa shape index (κ3) is 4.09. The fourth-order valence-corrected chi connectivity index (χ4v) is 3.43. The van der Waals surface area contributed by atoms with Crippen LogP contribution in [0.2, 0.25) is 0 Å². The largest absolute Gasteiger partial charge is 0.347 e. The number of nitrogens with zero attached hydrogens (tertiary/aromatic N) is 5. The Kier molecular flexibility index (Phi) is 5.41. The van der Waals surface area contributed by atoms with Gasteiger partial charge in [-0.3, -0.25) is 9.88 Å². The molecule has 0 aliphatic carbocycles. The summed E-state index contributed by atoms with van der Waals surface area (Å²) < 4.78 is 0. The quantitative estimate of drug-likeness (QED) is 0.862.